The summed E-state index contributed by atoms with van der Waals surface area (Å²) in [6.07, 6.45) is 0.886. The van der Waals surface area contributed by atoms with Gasteiger partial charge in [0, 0.05) is 17.3 Å². The monoisotopic (exact) mass is 190 g/mol. The molecule has 2 aromatic rings. The van der Waals surface area contributed by atoms with Gasteiger partial charge in [-0.3, -0.25) is 0 Å². The minimum Gasteiger partial charge on any atom is -0.497 e. The predicted octanol–water partition coefficient (Wildman–Crippen LogP) is 1.68. The molecular formula is C11H14N2O. The number of rotatable bonds is 3. The maximum absolute atomic E-state index is 5.49. The Bertz CT molecular complexity index is 434. The molecule has 0 amide bonds. The number of nitrogens with two attached hydrogens (primary N) is 1. The van der Waals surface area contributed by atoms with Crippen molar-refractivity contribution in [3.8, 4) is 5.75 Å². The molecule has 0 atom stereocenters. The number of ether oxygens (including phenoxy) is 1. The molecule has 0 aliphatic heterocycles. The molecule has 1 heterocycles. The standard InChI is InChI=1S/C11H14N2O/c1-14-10-3-2-8-6-9(4-5-12)13-11(8)7-10/h2-3,6-7,13H,4-5,12H2,1H3. The van der Waals surface area contributed by atoms with Gasteiger partial charge in [0.2, 0.25) is 0 Å². The van der Waals surface area contributed by atoms with Crippen molar-refractivity contribution < 1.29 is 4.74 Å². The molecule has 0 saturated carbocycles. The highest BCUT2D eigenvalue weighted by molar-refractivity contribution is 5.81. The number of aromatic nitrogens is 1. The van der Waals surface area contributed by atoms with Gasteiger partial charge in [0.15, 0.2) is 0 Å². The van der Waals surface area contributed by atoms with Crippen LogP contribution in [0.5, 0.6) is 5.75 Å². The van der Waals surface area contributed by atoms with Crippen molar-refractivity contribution in [3.63, 3.8) is 0 Å². The van der Waals surface area contributed by atoms with Crippen LogP contribution in [-0.4, -0.2) is 18.6 Å². The van der Waals surface area contributed by atoms with Gasteiger partial charge < -0.3 is 15.5 Å². The Balaban J connectivity index is 2.43. The number of fused-ring (bicyclic) bond motifs is 1. The summed E-state index contributed by atoms with van der Waals surface area (Å²) in [4.78, 5) is 3.31. The van der Waals surface area contributed by atoms with Crippen molar-refractivity contribution in [2.75, 3.05) is 13.7 Å². The van der Waals surface area contributed by atoms with Crippen molar-refractivity contribution in [2.45, 2.75) is 6.42 Å². The van der Waals surface area contributed by atoms with E-state index < -0.39 is 0 Å². The van der Waals surface area contributed by atoms with E-state index in [1.54, 1.807) is 7.11 Å². The summed E-state index contributed by atoms with van der Waals surface area (Å²) in [7, 11) is 1.67. The smallest absolute Gasteiger partial charge is 0.120 e. The Morgan fingerprint density at radius 1 is 1.36 bits per heavy atom. The van der Waals surface area contributed by atoms with Crippen LogP contribution < -0.4 is 10.5 Å². The second-order valence-electron chi connectivity index (χ2n) is 3.29. The van der Waals surface area contributed by atoms with Gasteiger partial charge in [-0.25, -0.2) is 0 Å². The van der Waals surface area contributed by atoms with Crippen molar-refractivity contribution in [3.05, 3.63) is 30.0 Å². The van der Waals surface area contributed by atoms with Gasteiger partial charge in [-0.15, -0.1) is 0 Å². The van der Waals surface area contributed by atoms with Crippen LogP contribution >= 0.6 is 0 Å². The van der Waals surface area contributed by atoms with Crippen LogP contribution in [0.4, 0.5) is 0 Å². The largest absolute Gasteiger partial charge is 0.497 e. The molecule has 2 rings (SSSR count). The van der Waals surface area contributed by atoms with Gasteiger partial charge in [0.1, 0.15) is 5.75 Å². The second-order valence-corrected chi connectivity index (χ2v) is 3.29. The van der Waals surface area contributed by atoms with E-state index in [2.05, 4.69) is 11.1 Å². The highest BCUT2D eigenvalue weighted by Gasteiger charge is 2.00. The molecule has 0 aliphatic rings. The third-order valence-corrected chi connectivity index (χ3v) is 2.30. The predicted molar refractivity (Wildman–Crippen MR) is 57.6 cm³/mol. The minimum atomic E-state index is 0.671. The Morgan fingerprint density at radius 2 is 2.21 bits per heavy atom. The molecule has 74 valence electrons. The fourth-order valence-corrected chi connectivity index (χ4v) is 1.58. The van der Waals surface area contributed by atoms with E-state index in [0.717, 1.165) is 17.7 Å². The minimum absolute atomic E-state index is 0.671. The third-order valence-electron chi connectivity index (χ3n) is 2.30. The normalized spacial score (nSPS) is 10.7. The van der Waals surface area contributed by atoms with Crippen LogP contribution in [0.3, 0.4) is 0 Å². The average molecular weight is 190 g/mol. The number of nitrogens with one attached hydrogen (secondary N) is 1. The molecule has 3 N–H and O–H groups in total. The van der Waals surface area contributed by atoms with Crippen molar-refractivity contribution in [2.24, 2.45) is 5.73 Å². The molecular weight excluding hydrogens is 176 g/mol. The topological polar surface area (TPSA) is 51.0 Å². The quantitative estimate of drug-likeness (QED) is 0.773. The fraction of sp³-hybridized carbons (Fsp3) is 0.273. The fourth-order valence-electron chi connectivity index (χ4n) is 1.58. The molecule has 14 heavy (non-hydrogen) atoms. The molecule has 1 aromatic heterocycles. The highest BCUT2D eigenvalue weighted by Crippen LogP contribution is 2.21. The number of hydrogen-bond acceptors (Lipinski definition) is 2. The van der Waals surface area contributed by atoms with Gasteiger partial charge in [0.05, 0.1) is 7.11 Å². The zero-order chi connectivity index (χ0) is 9.97. The van der Waals surface area contributed by atoms with E-state index in [1.807, 2.05) is 18.2 Å². The summed E-state index contributed by atoms with van der Waals surface area (Å²) in [5.41, 5.74) is 7.77. The van der Waals surface area contributed by atoms with Crippen molar-refractivity contribution in [1.29, 1.82) is 0 Å². The highest BCUT2D eigenvalue weighted by atomic mass is 16.5. The summed E-state index contributed by atoms with van der Waals surface area (Å²) >= 11 is 0. The van der Waals surface area contributed by atoms with E-state index in [-0.39, 0.29) is 0 Å². The summed E-state index contributed by atoms with van der Waals surface area (Å²) in [5, 5.41) is 1.20. The van der Waals surface area contributed by atoms with Crippen LogP contribution in [0.1, 0.15) is 5.69 Å². The molecule has 0 saturated heterocycles. The van der Waals surface area contributed by atoms with Gasteiger partial charge in [0.25, 0.3) is 0 Å². The third kappa shape index (κ3) is 1.59. The van der Waals surface area contributed by atoms with E-state index in [0.29, 0.717) is 6.54 Å². The first-order valence-electron chi connectivity index (χ1n) is 4.69. The number of benzene rings is 1. The molecule has 0 fully saturated rings. The summed E-state index contributed by atoms with van der Waals surface area (Å²) in [5.74, 6) is 0.874. The molecule has 0 spiro atoms. The number of aromatic amines is 1. The second kappa shape index (κ2) is 3.72. The zero-order valence-corrected chi connectivity index (χ0v) is 8.21. The molecule has 3 heteroatoms. The SMILES string of the molecule is COc1ccc2cc(CCN)[nH]c2c1. The maximum atomic E-state index is 5.49. The van der Waals surface area contributed by atoms with Crippen molar-refractivity contribution in [1.82, 2.24) is 4.98 Å². The van der Waals surface area contributed by atoms with Gasteiger partial charge in [-0.05, 0) is 36.6 Å². The van der Waals surface area contributed by atoms with Crippen LogP contribution in [0.15, 0.2) is 24.3 Å². The lowest BCUT2D eigenvalue weighted by Crippen LogP contribution is -2.02. The number of hydrogen-bond donors (Lipinski definition) is 2. The van der Waals surface area contributed by atoms with E-state index in [1.165, 1.54) is 11.1 Å². The van der Waals surface area contributed by atoms with Gasteiger partial charge >= 0.3 is 0 Å². The Morgan fingerprint density at radius 3 is 2.93 bits per heavy atom. The first-order chi connectivity index (χ1) is 6.83. The first kappa shape index (κ1) is 9.09. The Hall–Kier alpha value is -1.48. The van der Waals surface area contributed by atoms with Crippen molar-refractivity contribution >= 4 is 10.9 Å². The number of methoxy groups -OCH3 is 1. The molecule has 1 aromatic carbocycles. The van der Waals surface area contributed by atoms with Gasteiger partial charge in [-0.2, -0.15) is 0 Å². The Labute approximate surface area is 82.9 Å². The van der Waals surface area contributed by atoms with E-state index >= 15 is 0 Å². The lowest BCUT2D eigenvalue weighted by Gasteiger charge is -1.97. The molecule has 0 radical (unpaired) electrons. The summed E-state index contributed by atoms with van der Waals surface area (Å²) in [6, 6.07) is 8.13. The lowest BCUT2D eigenvalue weighted by atomic mass is 10.2. The first-order valence-corrected chi connectivity index (χ1v) is 4.69. The lowest BCUT2D eigenvalue weighted by molar-refractivity contribution is 0.415. The maximum Gasteiger partial charge on any atom is 0.120 e. The summed E-state index contributed by atoms with van der Waals surface area (Å²) < 4.78 is 5.15. The zero-order valence-electron chi connectivity index (χ0n) is 8.21. The van der Waals surface area contributed by atoms with E-state index in [4.69, 9.17) is 10.5 Å². The van der Waals surface area contributed by atoms with Crippen LogP contribution in [-0.2, 0) is 6.42 Å². The summed E-state index contributed by atoms with van der Waals surface area (Å²) in [6.45, 7) is 0.671. The van der Waals surface area contributed by atoms with Crippen LogP contribution in [0.25, 0.3) is 10.9 Å². The molecule has 0 bridgehead atoms. The van der Waals surface area contributed by atoms with Crippen LogP contribution in [0, 0.1) is 0 Å². The molecule has 0 unspecified atom stereocenters. The van der Waals surface area contributed by atoms with E-state index in [9.17, 15) is 0 Å². The van der Waals surface area contributed by atoms with Crippen LogP contribution in [0.2, 0.25) is 0 Å². The van der Waals surface area contributed by atoms with Gasteiger partial charge in [-0.1, -0.05) is 0 Å². The molecule has 0 aliphatic carbocycles. The average Bonchev–Trinajstić information content (AvgIpc) is 2.59. The molecule has 3 nitrogen and oxygen atoms in total. The number of H-pyrrole nitrogens is 1. The Kier molecular flexibility index (Phi) is 2.41.